The lowest BCUT2D eigenvalue weighted by atomic mass is 9.98. The SMILES string of the molecule is CCCOc1ccc(C(N)c2ccc(CC)cc2)cc1. The summed E-state index contributed by atoms with van der Waals surface area (Å²) in [6.07, 6.45) is 2.07. The fraction of sp³-hybridized carbons (Fsp3) is 0.333. The van der Waals surface area contributed by atoms with Crippen molar-refractivity contribution in [3.63, 3.8) is 0 Å². The molecule has 0 aliphatic heterocycles. The maximum atomic E-state index is 6.32. The molecule has 0 amide bonds. The van der Waals surface area contributed by atoms with E-state index in [1.54, 1.807) is 0 Å². The molecule has 0 spiro atoms. The van der Waals surface area contributed by atoms with E-state index in [1.807, 2.05) is 24.3 Å². The molecule has 20 heavy (non-hydrogen) atoms. The Morgan fingerprint density at radius 2 is 1.45 bits per heavy atom. The van der Waals surface area contributed by atoms with Gasteiger partial charge in [0.1, 0.15) is 5.75 Å². The first kappa shape index (κ1) is 14.6. The van der Waals surface area contributed by atoms with Gasteiger partial charge in [-0.05, 0) is 41.7 Å². The van der Waals surface area contributed by atoms with Crippen LogP contribution in [0.1, 0.15) is 43.0 Å². The van der Waals surface area contributed by atoms with E-state index < -0.39 is 0 Å². The molecule has 0 saturated carbocycles. The Labute approximate surface area is 121 Å². The van der Waals surface area contributed by atoms with Gasteiger partial charge in [-0.3, -0.25) is 0 Å². The maximum Gasteiger partial charge on any atom is 0.119 e. The highest BCUT2D eigenvalue weighted by Crippen LogP contribution is 2.22. The van der Waals surface area contributed by atoms with Gasteiger partial charge in [0, 0.05) is 0 Å². The van der Waals surface area contributed by atoms with Crippen LogP contribution in [0.4, 0.5) is 0 Å². The Bertz CT molecular complexity index is 516. The van der Waals surface area contributed by atoms with Crippen LogP contribution in [0.2, 0.25) is 0 Å². The van der Waals surface area contributed by atoms with Gasteiger partial charge in [-0.2, -0.15) is 0 Å². The van der Waals surface area contributed by atoms with Crippen molar-refractivity contribution >= 4 is 0 Å². The van der Waals surface area contributed by atoms with Gasteiger partial charge in [-0.15, -0.1) is 0 Å². The van der Waals surface area contributed by atoms with Crippen LogP contribution >= 0.6 is 0 Å². The zero-order valence-electron chi connectivity index (χ0n) is 12.3. The van der Waals surface area contributed by atoms with Crippen LogP contribution in [0.25, 0.3) is 0 Å². The van der Waals surface area contributed by atoms with Crippen molar-refractivity contribution < 1.29 is 4.74 Å². The van der Waals surface area contributed by atoms with E-state index in [0.29, 0.717) is 0 Å². The van der Waals surface area contributed by atoms with E-state index in [0.717, 1.165) is 36.3 Å². The van der Waals surface area contributed by atoms with Crippen molar-refractivity contribution in [1.82, 2.24) is 0 Å². The topological polar surface area (TPSA) is 35.2 Å². The fourth-order valence-electron chi connectivity index (χ4n) is 2.14. The molecule has 0 saturated heterocycles. The lowest BCUT2D eigenvalue weighted by molar-refractivity contribution is 0.317. The van der Waals surface area contributed by atoms with Crippen LogP contribution in [0, 0.1) is 0 Å². The van der Waals surface area contributed by atoms with Crippen LogP contribution in [-0.2, 0) is 6.42 Å². The number of ether oxygens (including phenoxy) is 1. The summed E-state index contributed by atoms with van der Waals surface area (Å²) >= 11 is 0. The zero-order valence-corrected chi connectivity index (χ0v) is 12.3. The van der Waals surface area contributed by atoms with E-state index in [4.69, 9.17) is 10.5 Å². The Balaban J connectivity index is 2.09. The van der Waals surface area contributed by atoms with Gasteiger partial charge >= 0.3 is 0 Å². The molecule has 1 atom stereocenters. The number of nitrogens with two attached hydrogens (primary N) is 1. The summed E-state index contributed by atoms with van der Waals surface area (Å²) in [5, 5.41) is 0. The third-order valence-electron chi connectivity index (χ3n) is 3.46. The van der Waals surface area contributed by atoms with E-state index in [-0.39, 0.29) is 6.04 Å². The first-order chi connectivity index (χ1) is 9.74. The lowest BCUT2D eigenvalue weighted by Crippen LogP contribution is -2.11. The van der Waals surface area contributed by atoms with Crippen LogP contribution in [0.3, 0.4) is 0 Å². The third-order valence-corrected chi connectivity index (χ3v) is 3.46. The molecule has 2 heteroatoms. The Hall–Kier alpha value is -1.80. The molecule has 2 aromatic carbocycles. The fourth-order valence-corrected chi connectivity index (χ4v) is 2.14. The van der Waals surface area contributed by atoms with Crippen molar-refractivity contribution in [2.24, 2.45) is 5.73 Å². The molecule has 2 rings (SSSR count). The molecular weight excluding hydrogens is 246 g/mol. The molecule has 1 unspecified atom stereocenters. The van der Waals surface area contributed by atoms with E-state index in [1.165, 1.54) is 5.56 Å². The van der Waals surface area contributed by atoms with Crippen molar-refractivity contribution in [1.29, 1.82) is 0 Å². The largest absolute Gasteiger partial charge is 0.494 e. The molecule has 2 N–H and O–H groups in total. The molecule has 2 aromatic rings. The minimum atomic E-state index is -0.0823. The van der Waals surface area contributed by atoms with Gasteiger partial charge in [0.2, 0.25) is 0 Å². The molecule has 0 heterocycles. The number of aryl methyl sites for hydroxylation is 1. The van der Waals surface area contributed by atoms with Gasteiger partial charge in [0.25, 0.3) is 0 Å². The zero-order chi connectivity index (χ0) is 14.4. The maximum absolute atomic E-state index is 6.32. The van der Waals surface area contributed by atoms with Crippen LogP contribution < -0.4 is 10.5 Å². The summed E-state index contributed by atoms with van der Waals surface area (Å²) in [4.78, 5) is 0. The van der Waals surface area contributed by atoms with Gasteiger partial charge in [0.15, 0.2) is 0 Å². The molecule has 0 radical (unpaired) electrons. The normalized spacial score (nSPS) is 12.2. The Morgan fingerprint density at radius 3 is 1.95 bits per heavy atom. The third kappa shape index (κ3) is 3.61. The Morgan fingerprint density at radius 1 is 0.900 bits per heavy atom. The molecule has 0 bridgehead atoms. The monoisotopic (exact) mass is 269 g/mol. The molecule has 2 nitrogen and oxygen atoms in total. The van der Waals surface area contributed by atoms with E-state index in [2.05, 4.69) is 38.1 Å². The van der Waals surface area contributed by atoms with Crippen LogP contribution in [-0.4, -0.2) is 6.61 Å². The van der Waals surface area contributed by atoms with Crippen molar-refractivity contribution in [2.45, 2.75) is 32.7 Å². The molecule has 0 aromatic heterocycles. The summed E-state index contributed by atoms with van der Waals surface area (Å²) in [7, 11) is 0. The molecule has 0 aliphatic rings. The second-order valence-corrected chi connectivity index (χ2v) is 4.99. The predicted molar refractivity (Wildman–Crippen MR) is 84.1 cm³/mol. The first-order valence-electron chi connectivity index (χ1n) is 7.31. The van der Waals surface area contributed by atoms with Crippen molar-refractivity contribution in [2.75, 3.05) is 6.61 Å². The van der Waals surface area contributed by atoms with Crippen LogP contribution in [0.15, 0.2) is 48.5 Å². The van der Waals surface area contributed by atoms with Gasteiger partial charge in [0.05, 0.1) is 12.6 Å². The number of hydrogen-bond acceptors (Lipinski definition) is 2. The second-order valence-electron chi connectivity index (χ2n) is 4.99. The predicted octanol–water partition coefficient (Wildman–Crippen LogP) is 4.09. The highest BCUT2D eigenvalue weighted by Gasteiger charge is 2.08. The Kier molecular flexibility index (Phi) is 5.19. The number of rotatable bonds is 6. The first-order valence-corrected chi connectivity index (χ1v) is 7.31. The van der Waals surface area contributed by atoms with E-state index >= 15 is 0 Å². The summed E-state index contributed by atoms with van der Waals surface area (Å²) in [5.74, 6) is 0.907. The van der Waals surface area contributed by atoms with Gasteiger partial charge < -0.3 is 10.5 Å². The van der Waals surface area contributed by atoms with Crippen LogP contribution in [0.5, 0.6) is 5.75 Å². The highest BCUT2D eigenvalue weighted by molar-refractivity contribution is 5.36. The average molecular weight is 269 g/mol. The average Bonchev–Trinajstić information content (AvgIpc) is 2.53. The number of hydrogen-bond donors (Lipinski definition) is 1. The second kappa shape index (κ2) is 7.11. The van der Waals surface area contributed by atoms with Crippen molar-refractivity contribution in [3.8, 4) is 5.75 Å². The summed E-state index contributed by atoms with van der Waals surface area (Å²) in [5.41, 5.74) is 9.91. The molecule has 0 fully saturated rings. The molecule has 106 valence electrons. The number of benzene rings is 2. The highest BCUT2D eigenvalue weighted by atomic mass is 16.5. The van der Waals surface area contributed by atoms with E-state index in [9.17, 15) is 0 Å². The quantitative estimate of drug-likeness (QED) is 0.857. The lowest BCUT2D eigenvalue weighted by Gasteiger charge is -2.14. The summed E-state index contributed by atoms with van der Waals surface area (Å²) in [6.45, 7) is 5.01. The van der Waals surface area contributed by atoms with Gasteiger partial charge in [-0.1, -0.05) is 50.2 Å². The smallest absolute Gasteiger partial charge is 0.119 e. The van der Waals surface area contributed by atoms with Crippen molar-refractivity contribution in [3.05, 3.63) is 65.2 Å². The minimum Gasteiger partial charge on any atom is -0.494 e. The molecular formula is C18H23NO. The summed E-state index contributed by atoms with van der Waals surface area (Å²) in [6, 6.07) is 16.5. The minimum absolute atomic E-state index is 0.0823. The van der Waals surface area contributed by atoms with Gasteiger partial charge in [-0.25, -0.2) is 0 Å². The standard InChI is InChI=1S/C18H23NO/c1-3-13-20-17-11-9-16(10-12-17)18(19)15-7-5-14(4-2)6-8-15/h5-12,18H,3-4,13,19H2,1-2H3. The molecule has 0 aliphatic carbocycles. The summed E-state index contributed by atoms with van der Waals surface area (Å²) < 4.78 is 5.59.